The van der Waals surface area contributed by atoms with Gasteiger partial charge in [0.25, 0.3) is 0 Å². The second-order valence-electron chi connectivity index (χ2n) is 5.81. The maximum absolute atomic E-state index is 5.79. The van der Waals surface area contributed by atoms with Crippen LogP contribution in [0.5, 0.6) is 0 Å². The van der Waals surface area contributed by atoms with Gasteiger partial charge in [-0.05, 0) is 30.0 Å². The fraction of sp³-hybridized carbons (Fsp3) is 0.190. The number of benzene rings is 2. The van der Waals surface area contributed by atoms with Gasteiger partial charge < -0.3 is 4.90 Å². The first-order chi connectivity index (χ1) is 11.3. The number of hydrogen-bond donors (Lipinski definition) is 0. The summed E-state index contributed by atoms with van der Waals surface area (Å²) in [5.41, 5.74) is 2.44. The van der Waals surface area contributed by atoms with Gasteiger partial charge >= 0.3 is 0 Å². The predicted molar refractivity (Wildman–Crippen MR) is 103 cm³/mol. The van der Waals surface area contributed by atoms with E-state index in [-0.39, 0.29) is 0 Å². The van der Waals surface area contributed by atoms with Crippen LogP contribution in [-0.2, 0) is 6.42 Å². The highest BCUT2D eigenvalue weighted by Crippen LogP contribution is 2.21. The molecule has 23 heavy (non-hydrogen) atoms. The number of thiocarbonyl (C=S) groups is 1. The Labute approximate surface area is 144 Å². The van der Waals surface area contributed by atoms with Gasteiger partial charge in [0.1, 0.15) is 0 Å². The van der Waals surface area contributed by atoms with Crippen LogP contribution >= 0.6 is 12.2 Å². The van der Waals surface area contributed by atoms with E-state index < -0.39 is 0 Å². The van der Waals surface area contributed by atoms with Crippen LogP contribution < -0.4 is 4.90 Å². The molecular weight excluding hydrogens is 298 g/mol. The topological polar surface area (TPSA) is 3.24 Å². The number of rotatable bonds is 5. The molecule has 0 bridgehead atoms. The zero-order valence-electron chi connectivity index (χ0n) is 13.1. The normalized spacial score (nSPS) is 16.3. The van der Waals surface area contributed by atoms with Crippen molar-refractivity contribution in [2.24, 2.45) is 5.92 Å². The molecule has 1 atom stereocenters. The van der Waals surface area contributed by atoms with Crippen molar-refractivity contribution in [1.29, 1.82) is 0 Å². The zero-order valence-corrected chi connectivity index (χ0v) is 14.0. The molecule has 0 N–H and O–H groups in total. The third kappa shape index (κ3) is 4.40. The third-order valence-electron chi connectivity index (χ3n) is 4.05. The number of anilines is 1. The molecular formula is C21H21NS. The Bertz CT molecular complexity index is 688. The van der Waals surface area contributed by atoms with Crippen LogP contribution in [0, 0.1) is 5.92 Å². The van der Waals surface area contributed by atoms with Gasteiger partial charge in [-0.2, -0.15) is 0 Å². The molecule has 2 heteroatoms. The molecule has 2 aromatic carbocycles. The van der Waals surface area contributed by atoms with E-state index in [0.717, 1.165) is 24.4 Å². The molecule has 1 unspecified atom stereocenters. The van der Waals surface area contributed by atoms with E-state index in [9.17, 15) is 0 Å². The minimum atomic E-state index is 0.508. The monoisotopic (exact) mass is 319 g/mol. The van der Waals surface area contributed by atoms with E-state index in [1.165, 1.54) is 11.3 Å². The lowest BCUT2D eigenvalue weighted by atomic mass is 9.99. The summed E-state index contributed by atoms with van der Waals surface area (Å²) in [6, 6.07) is 20.9. The first-order valence-electron chi connectivity index (χ1n) is 8.05. The summed E-state index contributed by atoms with van der Waals surface area (Å²) in [5, 5.41) is 0. The average Bonchev–Trinajstić information content (AvgIpc) is 2.62. The second-order valence-corrected chi connectivity index (χ2v) is 6.28. The molecule has 0 spiro atoms. The Morgan fingerprint density at radius 1 is 0.957 bits per heavy atom. The van der Waals surface area contributed by atoms with Crippen molar-refractivity contribution in [2.75, 3.05) is 11.4 Å². The highest BCUT2D eigenvalue weighted by atomic mass is 32.1. The fourth-order valence-electron chi connectivity index (χ4n) is 2.83. The highest BCUT2D eigenvalue weighted by Gasteiger charge is 2.17. The Morgan fingerprint density at radius 2 is 1.65 bits per heavy atom. The van der Waals surface area contributed by atoms with Crippen molar-refractivity contribution >= 4 is 22.9 Å². The van der Waals surface area contributed by atoms with Crippen molar-refractivity contribution in [2.45, 2.75) is 12.8 Å². The van der Waals surface area contributed by atoms with E-state index in [4.69, 9.17) is 12.2 Å². The van der Waals surface area contributed by atoms with Crippen molar-refractivity contribution in [1.82, 2.24) is 0 Å². The standard InChI is InChI=1S/C21H21NS/c23-21(16-18-10-4-1-5-11-18)22(20-14-8-3-9-15-20)17-19-12-6-2-7-13-19/h1-12,14-15,19H,13,16-17H2. The van der Waals surface area contributed by atoms with E-state index in [0.29, 0.717) is 5.92 Å². The van der Waals surface area contributed by atoms with Gasteiger partial charge in [0.15, 0.2) is 0 Å². The van der Waals surface area contributed by atoms with Crippen LogP contribution in [0.1, 0.15) is 12.0 Å². The lowest BCUT2D eigenvalue weighted by Crippen LogP contribution is -2.35. The van der Waals surface area contributed by atoms with E-state index in [1.807, 2.05) is 12.1 Å². The first-order valence-corrected chi connectivity index (χ1v) is 8.46. The lowest BCUT2D eigenvalue weighted by Gasteiger charge is -2.29. The van der Waals surface area contributed by atoms with Gasteiger partial charge in [-0.3, -0.25) is 0 Å². The van der Waals surface area contributed by atoms with Gasteiger partial charge in [0.2, 0.25) is 0 Å². The molecule has 0 saturated heterocycles. The number of hydrogen-bond acceptors (Lipinski definition) is 1. The van der Waals surface area contributed by atoms with E-state index in [2.05, 4.69) is 77.7 Å². The molecule has 0 aliphatic heterocycles. The van der Waals surface area contributed by atoms with Crippen molar-refractivity contribution in [3.8, 4) is 0 Å². The molecule has 3 rings (SSSR count). The molecule has 0 heterocycles. The Balaban J connectivity index is 1.78. The third-order valence-corrected chi connectivity index (χ3v) is 4.42. The summed E-state index contributed by atoms with van der Waals surface area (Å²) >= 11 is 5.79. The zero-order chi connectivity index (χ0) is 15.9. The smallest absolute Gasteiger partial charge is 0.0868 e. The molecule has 0 aromatic heterocycles. The molecule has 1 nitrogen and oxygen atoms in total. The maximum atomic E-state index is 5.79. The van der Waals surface area contributed by atoms with Crippen molar-refractivity contribution in [3.05, 3.63) is 90.5 Å². The fourth-order valence-corrected chi connectivity index (χ4v) is 3.17. The summed E-state index contributed by atoms with van der Waals surface area (Å²) in [7, 11) is 0. The van der Waals surface area contributed by atoms with Gasteiger partial charge in [0, 0.05) is 18.7 Å². The maximum Gasteiger partial charge on any atom is 0.0868 e. The van der Waals surface area contributed by atoms with E-state index in [1.54, 1.807) is 0 Å². The molecule has 2 aromatic rings. The van der Waals surface area contributed by atoms with Crippen LogP contribution in [0.15, 0.2) is 85.0 Å². The summed E-state index contributed by atoms with van der Waals surface area (Å²) in [6.07, 6.45) is 10.6. The molecule has 0 radical (unpaired) electrons. The molecule has 0 fully saturated rings. The summed E-state index contributed by atoms with van der Waals surface area (Å²) in [6.45, 7) is 0.927. The average molecular weight is 319 g/mol. The predicted octanol–water partition coefficient (Wildman–Crippen LogP) is 5.20. The molecule has 0 amide bonds. The molecule has 0 saturated carbocycles. The van der Waals surface area contributed by atoms with Gasteiger partial charge in [-0.1, -0.05) is 85.1 Å². The Kier molecular flexibility index (Phi) is 5.38. The van der Waals surface area contributed by atoms with Crippen molar-refractivity contribution < 1.29 is 0 Å². The minimum Gasteiger partial charge on any atom is -0.335 e. The van der Waals surface area contributed by atoms with Gasteiger partial charge in [0.05, 0.1) is 4.99 Å². The highest BCUT2D eigenvalue weighted by molar-refractivity contribution is 7.80. The second kappa shape index (κ2) is 7.89. The summed E-state index contributed by atoms with van der Waals surface area (Å²) in [4.78, 5) is 3.27. The van der Waals surface area contributed by atoms with Crippen LogP contribution in [0.3, 0.4) is 0 Å². The number of para-hydroxylation sites is 1. The lowest BCUT2D eigenvalue weighted by molar-refractivity contribution is 0.663. The summed E-state index contributed by atoms with van der Waals surface area (Å²) in [5.74, 6) is 0.508. The summed E-state index contributed by atoms with van der Waals surface area (Å²) < 4.78 is 0. The van der Waals surface area contributed by atoms with Gasteiger partial charge in [-0.25, -0.2) is 0 Å². The van der Waals surface area contributed by atoms with Crippen LogP contribution in [-0.4, -0.2) is 11.5 Å². The quantitative estimate of drug-likeness (QED) is 0.697. The molecule has 116 valence electrons. The number of nitrogens with zero attached hydrogens (tertiary/aromatic N) is 1. The van der Waals surface area contributed by atoms with Gasteiger partial charge in [-0.15, -0.1) is 0 Å². The van der Waals surface area contributed by atoms with E-state index >= 15 is 0 Å². The van der Waals surface area contributed by atoms with Crippen molar-refractivity contribution in [3.63, 3.8) is 0 Å². The van der Waals surface area contributed by atoms with Crippen LogP contribution in [0.25, 0.3) is 0 Å². The molecule has 1 aliphatic rings. The largest absolute Gasteiger partial charge is 0.335 e. The molecule has 1 aliphatic carbocycles. The van der Waals surface area contributed by atoms with Crippen LogP contribution in [0.2, 0.25) is 0 Å². The minimum absolute atomic E-state index is 0.508. The number of allylic oxidation sites excluding steroid dienone is 3. The Hall–Kier alpha value is -2.19. The Morgan fingerprint density at radius 3 is 2.30 bits per heavy atom. The first kappa shape index (κ1) is 15.7. The van der Waals surface area contributed by atoms with Crippen LogP contribution in [0.4, 0.5) is 5.69 Å². The SMILES string of the molecule is S=C(Cc1ccccc1)N(CC1C=CC=CC1)c1ccccc1.